The third kappa shape index (κ3) is 9.08. The minimum atomic E-state index is -0.920. The van der Waals surface area contributed by atoms with Crippen molar-refractivity contribution in [3.8, 4) is 0 Å². The maximum Gasteiger partial charge on any atom is 0.308 e. The van der Waals surface area contributed by atoms with E-state index in [0.29, 0.717) is 6.42 Å². The van der Waals surface area contributed by atoms with Crippen molar-refractivity contribution in [3.63, 3.8) is 0 Å². The molecule has 4 atom stereocenters. The first kappa shape index (κ1) is 20.1. The molecule has 1 unspecified atom stereocenters. The third-order valence-corrected chi connectivity index (χ3v) is 4.20. The summed E-state index contributed by atoms with van der Waals surface area (Å²) in [5.74, 6) is -0.521. The Hall–Kier alpha value is -0.910. The molecule has 0 fully saturated rings. The van der Waals surface area contributed by atoms with Gasteiger partial charge in [-0.1, -0.05) is 57.6 Å². The fourth-order valence-corrected chi connectivity index (χ4v) is 2.82. The average molecular weight is 328 g/mol. The molecular formula is C18H32O5. The van der Waals surface area contributed by atoms with Gasteiger partial charge in [-0.25, -0.2) is 0 Å². The zero-order valence-corrected chi connectivity index (χ0v) is 14.2. The van der Waals surface area contributed by atoms with Crippen LogP contribution in [-0.4, -0.2) is 45.7 Å². The smallest absolute Gasteiger partial charge is 0.308 e. The highest BCUT2D eigenvalue weighted by atomic mass is 16.6. The van der Waals surface area contributed by atoms with Crippen molar-refractivity contribution >= 4 is 5.97 Å². The summed E-state index contributed by atoms with van der Waals surface area (Å²) in [5, 5.41) is 29.5. The van der Waals surface area contributed by atoms with E-state index in [4.69, 9.17) is 4.74 Å². The molecule has 0 aromatic carbocycles. The van der Waals surface area contributed by atoms with Gasteiger partial charge in [0, 0.05) is 6.42 Å². The largest absolute Gasteiger partial charge is 0.459 e. The Morgan fingerprint density at radius 2 is 1.70 bits per heavy atom. The summed E-state index contributed by atoms with van der Waals surface area (Å²) in [6.07, 6.45) is 8.23. The van der Waals surface area contributed by atoms with Crippen LogP contribution in [0.25, 0.3) is 0 Å². The second-order valence-electron chi connectivity index (χ2n) is 6.47. The number of aliphatic hydroxyl groups excluding tert-OH is 3. The first-order valence-electron chi connectivity index (χ1n) is 8.95. The predicted octanol–water partition coefficient (Wildman–Crippen LogP) is 2.47. The van der Waals surface area contributed by atoms with Gasteiger partial charge in [-0.15, -0.1) is 0 Å². The summed E-state index contributed by atoms with van der Waals surface area (Å²) in [5.41, 5.74) is 0. The van der Waals surface area contributed by atoms with Crippen LogP contribution in [0.4, 0.5) is 0 Å². The second kappa shape index (κ2) is 11.6. The van der Waals surface area contributed by atoms with Crippen molar-refractivity contribution in [1.29, 1.82) is 0 Å². The molecule has 1 aliphatic heterocycles. The molecular weight excluding hydrogens is 296 g/mol. The Labute approximate surface area is 139 Å². The molecule has 134 valence electrons. The van der Waals surface area contributed by atoms with Gasteiger partial charge >= 0.3 is 5.97 Å². The number of aliphatic hydroxyl groups is 3. The van der Waals surface area contributed by atoms with Gasteiger partial charge in [-0.3, -0.25) is 4.79 Å². The molecule has 5 heteroatoms. The van der Waals surface area contributed by atoms with E-state index in [1.54, 1.807) is 0 Å². The highest BCUT2D eigenvalue weighted by molar-refractivity contribution is 5.70. The van der Waals surface area contributed by atoms with Gasteiger partial charge in [-0.05, 0) is 12.8 Å². The van der Waals surface area contributed by atoms with Crippen molar-refractivity contribution in [2.75, 3.05) is 0 Å². The molecule has 1 heterocycles. The minimum absolute atomic E-state index is 0.0702. The summed E-state index contributed by atoms with van der Waals surface area (Å²) in [7, 11) is 0. The summed E-state index contributed by atoms with van der Waals surface area (Å²) < 4.78 is 5.31. The van der Waals surface area contributed by atoms with Crippen LogP contribution in [0.2, 0.25) is 0 Å². The minimum Gasteiger partial charge on any atom is -0.459 e. The zero-order valence-electron chi connectivity index (χ0n) is 14.2. The van der Waals surface area contributed by atoms with Crippen LogP contribution in [-0.2, 0) is 9.53 Å². The van der Waals surface area contributed by atoms with Gasteiger partial charge < -0.3 is 20.1 Å². The lowest BCUT2D eigenvalue weighted by molar-refractivity contribution is -0.156. The number of unbranched alkanes of at least 4 members (excludes halogenated alkanes) is 6. The topological polar surface area (TPSA) is 87.0 Å². The first-order chi connectivity index (χ1) is 11.0. The molecule has 0 aliphatic carbocycles. The van der Waals surface area contributed by atoms with E-state index in [2.05, 4.69) is 6.92 Å². The molecule has 3 N–H and O–H groups in total. The summed E-state index contributed by atoms with van der Waals surface area (Å²) in [4.78, 5) is 11.8. The van der Waals surface area contributed by atoms with Crippen LogP contribution in [0, 0.1) is 0 Å². The Balaban J connectivity index is 2.41. The second-order valence-corrected chi connectivity index (χ2v) is 6.47. The van der Waals surface area contributed by atoms with Gasteiger partial charge in [0.15, 0.2) is 0 Å². The number of ether oxygens (including phenoxy) is 1. The Morgan fingerprint density at radius 3 is 2.39 bits per heavy atom. The summed E-state index contributed by atoms with van der Waals surface area (Å²) >= 11 is 0. The first-order valence-corrected chi connectivity index (χ1v) is 8.95. The lowest BCUT2D eigenvalue weighted by Gasteiger charge is -2.24. The molecule has 0 bridgehead atoms. The number of rotatable bonds is 8. The SMILES string of the molecule is CCCCCCCCC[C@@H]1OC(=O)CC(O)C[C@H](O)/C=C\[C@@H]1O. The van der Waals surface area contributed by atoms with Crippen LogP contribution in [0.3, 0.4) is 0 Å². The van der Waals surface area contributed by atoms with Crippen molar-refractivity contribution in [1.82, 2.24) is 0 Å². The van der Waals surface area contributed by atoms with Gasteiger partial charge in [0.25, 0.3) is 0 Å². The van der Waals surface area contributed by atoms with Gasteiger partial charge in [0.2, 0.25) is 0 Å². The third-order valence-electron chi connectivity index (χ3n) is 4.20. The van der Waals surface area contributed by atoms with E-state index in [-0.39, 0.29) is 12.8 Å². The van der Waals surface area contributed by atoms with Gasteiger partial charge in [0.05, 0.1) is 18.6 Å². The summed E-state index contributed by atoms with van der Waals surface area (Å²) in [6.45, 7) is 2.19. The molecule has 1 rings (SSSR count). The highest BCUT2D eigenvalue weighted by Gasteiger charge is 2.25. The number of carbonyl (C=O) groups excluding carboxylic acids is 1. The number of hydrogen-bond acceptors (Lipinski definition) is 5. The lowest BCUT2D eigenvalue weighted by Crippen LogP contribution is -2.33. The van der Waals surface area contributed by atoms with Crippen LogP contribution in [0.1, 0.15) is 71.1 Å². The molecule has 0 spiro atoms. The number of carbonyl (C=O) groups is 1. The van der Waals surface area contributed by atoms with Crippen molar-refractivity contribution in [3.05, 3.63) is 12.2 Å². The monoisotopic (exact) mass is 328 g/mol. The molecule has 0 saturated carbocycles. The molecule has 0 amide bonds. The van der Waals surface area contributed by atoms with Gasteiger partial charge in [0.1, 0.15) is 12.2 Å². The Bertz CT molecular complexity index is 355. The van der Waals surface area contributed by atoms with E-state index in [9.17, 15) is 20.1 Å². The van der Waals surface area contributed by atoms with E-state index in [0.717, 1.165) is 19.3 Å². The molecule has 1 aliphatic rings. The van der Waals surface area contributed by atoms with Crippen LogP contribution in [0.5, 0.6) is 0 Å². The maximum atomic E-state index is 11.8. The van der Waals surface area contributed by atoms with E-state index < -0.39 is 30.4 Å². The molecule has 23 heavy (non-hydrogen) atoms. The van der Waals surface area contributed by atoms with Crippen LogP contribution >= 0.6 is 0 Å². The molecule has 0 aromatic heterocycles. The molecule has 0 aromatic rings. The van der Waals surface area contributed by atoms with E-state index >= 15 is 0 Å². The highest BCUT2D eigenvalue weighted by Crippen LogP contribution is 2.17. The fraction of sp³-hybridized carbons (Fsp3) is 0.833. The lowest BCUT2D eigenvalue weighted by atomic mass is 10.0. The molecule has 0 saturated heterocycles. The maximum absolute atomic E-state index is 11.8. The Morgan fingerprint density at radius 1 is 1.04 bits per heavy atom. The van der Waals surface area contributed by atoms with Crippen molar-refractivity contribution < 1.29 is 24.9 Å². The molecule has 0 radical (unpaired) electrons. The normalized spacial score (nSPS) is 30.7. The number of cyclic esters (lactones) is 1. The van der Waals surface area contributed by atoms with Gasteiger partial charge in [-0.2, -0.15) is 0 Å². The quantitative estimate of drug-likeness (QED) is 0.362. The van der Waals surface area contributed by atoms with Crippen LogP contribution < -0.4 is 0 Å². The fourth-order valence-electron chi connectivity index (χ4n) is 2.82. The number of hydrogen-bond donors (Lipinski definition) is 3. The van der Waals surface area contributed by atoms with Crippen molar-refractivity contribution in [2.24, 2.45) is 0 Å². The predicted molar refractivity (Wildman–Crippen MR) is 88.9 cm³/mol. The van der Waals surface area contributed by atoms with Crippen LogP contribution in [0.15, 0.2) is 12.2 Å². The zero-order chi connectivity index (χ0) is 17.1. The molecule has 5 nitrogen and oxygen atoms in total. The standard InChI is InChI=1S/C18H32O5/c1-2-3-4-5-6-7-8-9-17-16(21)11-10-14(19)12-15(20)13-18(22)23-17/h10-11,14-17,19-21H,2-9,12-13H2,1H3/b11-10-/t14-,15?,16+,17+/m1/s1. The van der Waals surface area contributed by atoms with Crippen molar-refractivity contribution in [2.45, 2.75) is 95.5 Å². The van der Waals surface area contributed by atoms with E-state index in [1.165, 1.54) is 37.8 Å². The number of esters is 1. The summed E-state index contributed by atoms with van der Waals surface area (Å²) in [6, 6.07) is 0. The Kier molecular flexibility index (Phi) is 10.2. The van der Waals surface area contributed by atoms with E-state index in [1.807, 2.05) is 0 Å². The average Bonchev–Trinajstić information content (AvgIpc) is 2.49.